The molecule has 0 aliphatic carbocycles. The molecule has 1 aromatic heterocycles. The Morgan fingerprint density at radius 1 is 1.31 bits per heavy atom. The second-order valence-corrected chi connectivity index (χ2v) is 4.30. The van der Waals surface area contributed by atoms with E-state index in [9.17, 15) is 14.4 Å². The van der Waals surface area contributed by atoms with Crippen molar-refractivity contribution in [2.75, 3.05) is 5.43 Å². The molecule has 0 saturated heterocycles. The minimum absolute atomic E-state index is 0.0133. The number of aromatic carboxylic acids is 1. The van der Waals surface area contributed by atoms with Crippen LogP contribution in [0, 0.1) is 3.57 Å². The number of hydrogen-bond donors (Lipinski definition) is 2. The van der Waals surface area contributed by atoms with Gasteiger partial charge in [-0.1, -0.05) is 0 Å². The van der Waals surface area contributed by atoms with Crippen molar-refractivity contribution in [3.63, 3.8) is 0 Å². The van der Waals surface area contributed by atoms with Crippen LogP contribution in [0.15, 0.2) is 27.8 Å². The number of rotatable bonds is 3. The van der Waals surface area contributed by atoms with E-state index < -0.39 is 17.1 Å². The number of carbonyl (C=O) groups is 1. The lowest BCUT2D eigenvalue weighted by molar-refractivity contribution is 0.0698. The highest BCUT2D eigenvalue weighted by Crippen LogP contribution is 2.18. The van der Waals surface area contributed by atoms with Crippen LogP contribution in [0.2, 0.25) is 0 Å². The Balaban J connectivity index is 2.41. The first-order valence-electron chi connectivity index (χ1n) is 4.18. The Bertz CT molecular complexity index is 614. The van der Waals surface area contributed by atoms with E-state index in [1.54, 1.807) is 6.07 Å². The fourth-order valence-electron chi connectivity index (χ4n) is 1.15. The minimum Gasteiger partial charge on any atom is -0.478 e. The average Bonchev–Trinajstić information content (AvgIpc) is 2.78. The van der Waals surface area contributed by atoms with Gasteiger partial charge in [0.1, 0.15) is 0 Å². The monoisotopic (exact) mass is 332 g/mol. The number of anilines is 1. The highest BCUT2D eigenvalue weighted by atomic mass is 127. The van der Waals surface area contributed by atoms with Gasteiger partial charge >= 0.3 is 17.1 Å². The maximum Gasteiger partial charge on any atom is 0.340 e. The molecule has 1 heterocycles. The van der Waals surface area contributed by atoms with Crippen LogP contribution < -0.4 is 16.5 Å². The molecule has 1 aromatic carbocycles. The maximum atomic E-state index is 10.9. The van der Waals surface area contributed by atoms with Crippen molar-refractivity contribution in [2.24, 2.45) is 0 Å². The number of benzene rings is 1. The Labute approximate surface area is 102 Å². The van der Waals surface area contributed by atoms with Crippen molar-refractivity contribution >= 4 is 34.2 Å². The quantitative estimate of drug-likeness (QED) is 0.622. The number of nitrogens with one attached hydrogen (secondary N) is 1. The summed E-state index contributed by atoms with van der Waals surface area (Å²) in [5, 5.41) is 8.92. The molecule has 0 aliphatic heterocycles. The largest absolute Gasteiger partial charge is 0.478 e. The number of halogens is 1. The molecule has 0 unspecified atom stereocenters. The number of carboxylic acids is 1. The van der Waals surface area contributed by atoms with Crippen LogP contribution in [0.4, 0.5) is 5.69 Å². The van der Waals surface area contributed by atoms with Gasteiger partial charge in [0.2, 0.25) is 0 Å². The molecule has 0 radical (unpaired) electrons. The van der Waals surface area contributed by atoms with E-state index in [1.807, 2.05) is 22.6 Å². The van der Waals surface area contributed by atoms with E-state index in [-0.39, 0.29) is 11.3 Å². The summed E-state index contributed by atoms with van der Waals surface area (Å²) in [7, 11) is 0. The van der Waals surface area contributed by atoms with Crippen molar-refractivity contribution in [3.8, 4) is 0 Å². The maximum absolute atomic E-state index is 10.9. The second kappa shape index (κ2) is 3.74. The smallest absolute Gasteiger partial charge is 0.340 e. The van der Waals surface area contributed by atoms with E-state index in [2.05, 4.69) is 5.43 Å². The van der Waals surface area contributed by atoms with Gasteiger partial charge in [-0.05, 0) is 40.8 Å². The summed E-state index contributed by atoms with van der Waals surface area (Å²) in [4.78, 5) is 32.4. The van der Waals surface area contributed by atoms with Gasteiger partial charge < -0.3 is 5.11 Å². The zero-order chi connectivity index (χ0) is 11.9. The zero-order valence-electron chi connectivity index (χ0n) is 7.73. The van der Waals surface area contributed by atoms with Gasteiger partial charge in [0, 0.05) is 3.57 Å². The lowest BCUT2D eigenvalue weighted by Gasteiger charge is -2.05. The van der Waals surface area contributed by atoms with E-state index in [1.165, 1.54) is 12.1 Å². The average molecular weight is 332 g/mol. The molecule has 2 aromatic rings. The second-order valence-electron chi connectivity index (χ2n) is 3.05. The first-order valence-corrected chi connectivity index (χ1v) is 5.26. The first kappa shape index (κ1) is 10.9. The van der Waals surface area contributed by atoms with Crippen LogP contribution in [-0.2, 0) is 0 Å². The summed E-state index contributed by atoms with van der Waals surface area (Å²) >= 11 is 1.97. The fraction of sp³-hybridized carbons (Fsp3) is 0. The molecule has 2 N–H and O–H groups in total. The van der Waals surface area contributed by atoms with E-state index in [0.717, 1.165) is 8.25 Å². The summed E-state index contributed by atoms with van der Waals surface area (Å²) in [6.07, 6.45) is 0. The van der Waals surface area contributed by atoms with Gasteiger partial charge in [-0.2, -0.15) is 4.68 Å². The minimum atomic E-state index is -1.12. The molecule has 0 spiro atoms. The SMILES string of the molecule is O=C(O)c1cc(I)ccc1Nn1c(=O)c1=O. The van der Waals surface area contributed by atoms with Crippen LogP contribution in [0.5, 0.6) is 0 Å². The molecule has 0 aliphatic rings. The molecule has 0 saturated carbocycles. The predicted molar refractivity (Wildman–Crippen MR) is 64.5 cm³/mol. The molecule has 0 fully saturated rings. The van der Waals surface area contributed by atoms with Crippen molar-refractivity contribution in [3.05, 3.63) is 48.0 Å². The third kappa shape index (κ3) is 1.85. The van der Waals surface area contributed by atoms with Crippen molar-refractivity contribution in [1.82, 2.24) is 4.68 Å². The van der Waals surface area contributed by atoms with Crippen molar-refractivity contribution in [2.45, 2.75) is 0 Å². The van der Waals surface area contributed by atoms with Crippen molar-refractivity contribution in [1.29, 1.82) is 0 Å². The Kier molecular flexibility index (Phi) is 2.54. The van der Waals surface area contributed by atoms with Crippen LogP contribution in [-0.4, -0.2) is 15.8 Å². The summed E-state index contributed by atoms with van der Waals surface area (Å²) in [5.41, 5.74) is 1.33. The van der Waals surface area contributed by atoms with E-state index in [4.69, 9.17) is 5.11 Å². The molecular weight excluding hydrogens is 327 g/mol. The molecule has 2 rings (SSSR count). The van der Waals surface area contributed by atoms with Gasteiger partial charge in [-0.25, -0.2) is 4.79 Å². The zero-order valence-corrected chi connectivity index (χ0v) is 9.89. The molecule has 0 amide bonds. The topological polar surface area (TPSA) is 88.4 Å². The summed E-state index contributed by atoms with van der Waals surface area (Å²) < 4.78 is 1.51. The summed E-state index contributed by atoms with van der Waals surface area (Å²) in [5.74, 6) is -1.12. The molecule has 16 heavy (non-hydrogen) atoms. The van der Waals surface area contributed by atoms with Gasteiger partial charge in [-0.3, -0.25) is 15.0 Å². The Morgan fingerprint density at radius 2 is 1.94 bits per heavy atom. The number of carboxylic acid groups (broad SMARTS) is 1. The molecule has 0 bridgehead atoms. The molecular formula is C9H5IN2O4. The lowest BCUT2D eigenvalue weighted by Crippen LogP contribution is -2.12. The first-order chi connectivity index (χ1) is 7.50. The van der Waals surface area contributed by atoms with Crippen LogP contribution in [0.3, 0.4) is 0 Å². The van der Waals surface area contributed by atoms with Gasteiger partial charge in [0.15, 0.2) is 0 Å². The normalized spacial score (nSPS) is 10.6. The van der Waals surface area contributed by atoms with E-state index >= 15 is 0 Å². The lowest BCUT2D eigenvalue weighted by atomic mass is 10.2. The Morgan fingerprint density at radius 3 is 2.44 bits per heavy atom. The number of nitrogens with zero attached hydrogens (tertiary/aromatic N) is 1. The van der Waals surface area contributed by atoms with E-state index in [0.29, 0.717) is 0 Å². The van der Waals surface area contributed by atoms with Gasteiger partial charge in [-0.15, -0.1) is 0 Å². The number of hydrogen-bond acceptors (Lipinski definition) is 4. The van der Waals surface area contributed by atoms with Crippen LogP contribution in [0.25, 0.3) is 0 Å². The highest BCUT2D eigenvalue weighted by molar-refractivity contribution is 14.1. The third-order valence-electron chi connectivity index (χ3n) is 1.98. The van der Waals surface area contributed by atoms with Crippen molar-refractivity contribution < 1.29 is 9.90 Å². The third-order valence-corrected chi connectivity index (χ3v) is 2.65. The predicted octanol–water partition coefficient (Wildman–Crippen LogP) is 0.262. The Hall–Kier alpha value is -1.64. The fourth-order valence-corrected chi connectivity index (χ4v) is 1.64. The highest BCUT2D eigenvalue weighted by Gasteiger charge is 2.19. The van der Waals surface area contributed by atoms with Crippen LogP contribution >= 0.6 is 22.6 Å². The van der Waals surface area contributed by atoms with Gasteiger partial charge in [0.05, 0.1) is 11.3 Å². The molecule has 6 nitrogen and oxygen atoms in total. The molecule has 82 valence electrons. The van der Waals surface area contributed by atoms with Crippen LogP contribution in [0.1, 0.15) is 10.4 Å². The summed E-state index contributed by atoms with van der Waals surface area (Å²) in [6, 6.07) is 4.63. The summed E-state index contributed by atoms with van der Waals surface area (Å²) in [6.45, 7) is 0. The molecule has 0 atom stereocenters. The standard InChI is InChI=1S/C9H5IN2O4/c10-4-1-2-6(5(3-4)9(15)16)11-12-7(13)8(12)14/h1-3,11H,(H,15,16). The van der Waals surface area contributed by atoms with Gasteiger partial charge in [0.25, 0.3) is 0 Å². The number of aromatic nitrogens is 1. The molecule has 7 heteroatoms.